The Hall–Kier alpha value is -4.75. The van der Waals surface area contributed by atoms with Crippen LogP contribution in [0.3, 0.4) is 0 Å². The molecule has 8 nitrogen and oxygen atoms in total. The Kier molecular flexibility index (Phi) is 19.7. The molecule has 2 rings (SSSR count). The van der Waals surface area contributed by atoms with E-state index in [0.717, 1.165) is 0 Å². The lowest BCUT2D eigenvalue weighted by Crippen LogP contribution is -2.74. The largest absolute Gasteiger partial charge is 0.497 e. The third-order valence-electron chi connectivity index (χ3n) is 10.8. The van der Waals surface area contributed by atoms with Gasteiger partial charge in [0.05, 0.1) is 20.3 Å². The number of allylic oxidation sites excluding steroid dienone is 2. The number of methoxy groups -OCH3 is 1. The third-order valence-corrected chi connectivity index (χ3v) is 16.5. The van der Waals surface area contributed by atoms with Gasteiger partial charge >= 0.3 is 59.7 Å². The number of benzene rings is 2. The summed E-state index contributed by atoms with van der Waals surface area (Å²) in [6.45, 7) is 9.41. The maximum atomic E-state index is 15.0. The van der Waals surface area contributed by atoms with Gasteiger partial charge in [-0.15, -0.1) is 0 Å². The summed E-state index contributed by atoms with van der Waals surface area (Å²) in [5.41, 5.74) is -0.513. The molecule has 0 saturated carbocycles. The van der Waals surface area contributed by atoms with Crippen molar-refractivity contribution >= 4 is 26.1 Å². The summed E-state index contributed by atoms with van der Waals surface area (Å²) in [6.07, 6.45) is -7.76. The van der Waals surface area contributed by atoms with Gasteiger partial charge < -0.3 is 23.4 Å². The quantitative estimate of drug-likeness (QED) is 0.0264. The number of ether oxygens (including phenoxy) is 4. The predicted molar refractivity (Wildman–Crippen MR) is 218 cm³/mol. The van der Waals surface area contributed by atoms with Gasteiger partial charge in [-0.3, -0.25) is 5.32 Å². The average molecular weight is 1040 g/mol. The lowest BCUT2D eigenvalue weighted by Gasteiger charge is -2.44. The number of alkyl halides is 17. The molecule has 0 aromatic heterocycles. The Bertz CT molecular complexity index is 2050. The third kappa shape index (κ3) is 13.0. The number of hydrogen-bond donors (Lipinski definition) is 1. The summed E-state index contributed by atoms with van der Waals surface area (Å²) < 4.78 is 264. The number of halogens is 17. The van der Waals surface area contributed by atoms with Crippen molar-refractivity contribution in [2.75, 3.05) is 32.2 Å². The van der Waals surface area contributed by atoms with E-state index in [-0.39, 0.29) is 12.4 Å². The van der Waals surface area contributed by atoms with Crippen LogP contribution in [-0.2, 0) is 18.7 Å². The van der Waals surface area contributed by atoms with E-state index in [9.17, 15) is 75.4 Å². The van der Waals surface area contributed by atoms with E-state index in [0.29, 0.717) is 22.6 Å². The van der Waals surface area contributed by atoms with Crippen molar-refractivity contribution in [3.05, 3.63) is 77.9 Å². The van der Waals surface area contributed by atoms with Crippen LogP contribution in [0.4, 0.5) is 85.1 Å². The molecular weight excluding hydrogens is 994 g/mol. The van der Waals surface area contributed by atoms with Gasteiger partial charge in [-0.25, -0.2) is 9.59 Å². The second-order valence-electron chi connectivity index (χ2n) is 16.2. The molecule has 69 heavy (non-hydrogen) atoms. The second kappa shape index (κ2) is 22.6. The van der Waals surface area contributed by atoms with Gasteiger partial charge in [0.25, 0.3) is 0 Å². The summed E-state index contributed by atoms with van der Waals surface area (Å²) in [4.78, 5) is 24.9. The predicted octanol–water partition coefficient (Wildman–Crippen LogP) is 14.2. The normalized spacial score (nSPS) is 15.1. The summed E-state index contributed by atoms with van der Waals surface area (Å²) in [6, 6.07) is 10.8. The van der Waals surface area contributed by atoms with Crippen LogP contribution >= 0.6 is 0 Å². The Morgan fingerprint density at radius 1 is 0.667 bits per heavy atom. The SMILES string of the molecule is CCOC(=O)/C=C(C)/C=C/[C@H](C)[C@H](OC(=O)Nc1ccc(OC)cc1)c1ccc(OCCO[Si](CCC(F)(F)C(F)(F)C(F)(F)C(F)(F)C(F)(F)C(F)(F)C(F)(F)C(F)(F)F)(C(C)C)C(C)C)cc1. The molecule has 2 atom stereocenters. The molecule has 0 bridgehead atoms. The number of amides is 1. The topological polar surface area (TPSA) is 92.3 Å². The lowest BCUT2D eigenvalue weighted by molar-refractivity contribution is -0.461. The van der Waals surface area contributed by atoms with E-state index in [1.165, 1.54) is 65.1 Å². The first-order chi connectivity index (χ1) is 31.3. The molecule has 26 heteroatoms. The minimum Gasteiger partial charge on any atom is -0.497 e. The molecule has 2 aromatic carbocycles. The molecule has 0 saturated heterocycles. The molecule has 0 aliphatic carbocycles. The van der Waals surface area contributed by atoms with Crippen LogP contribution in [0.25, 0.3) is 0 Å². The number of carbonyl (C=O) groups is 2. The number of carbonyl (C=O) groups excluding carboxylic acids is 2. The first kappa shape index (κ1) is 60.4. The van der Waals surface area contributed by atoms with Gasteiger partial charge in [-0.2, -0.15) is 74.6 Å². The standard InChI is InChI=1S/C43H50F17NO7Si/c1-9-65-33(62)24-27(6)10-11-28(7)34(68-35(63)61-30-14-18-31(64-8)19-15-30)29-12-16-32(17-13-29)66-21-22-67-69(25(2)3,26(4)5)23-20-36(44,45)37(46,47)38(48,49)39(50,51)40(52,53)41(54,55)42(56,57)43(58,59)60/h10-19,24-26,28,34H,9,20-23H2,1-8H3,(H,61,63)/b11-10+,27-24+/t28-,34-/m0/s1. The molecule has 0 aliphatic rings. The maximum Gasteiger partial charge on any atom is 0.460 e. The van der Waals surface area contributed by atoms with Crippen LogP contribution in [0, 0.1) is 5.92 Å². The van der Waals surface area contributed by atoms with Crippen LogP contribution < -0.4 is 14.8 Å². The number of anilines is 1. The van der Waals surface area contributed by atoms with Gasteiger partial charge in [0, 0.05) is 24.1 Å². The van der Waals surface area contributed by atoms with Crippen molar-refractivity contribution in [3.63, 3.8) is 0 Å². The molecule has 1 amide bonds. The van der Waals surface area contributed by atoms with Gasteiger partial charge in [-0.05, 0) is 78.5 Å². The van der Waals surface area contributed by atoms with Gasteiger partial charge in [-0.1, -0.05) is 58.9 Å². The van der Waals surface area contributed by atoms with E-state index in [1.807, 2.05) is 0 Å². The first-order valence-electron chi connectivity index (χ1n) is 20.6. The molecule has 0 fully saturated rings. The van der Waals surface area contributed by atoms with E-state index >= 15 is 8.78 Å². The maximum absolute atomic E-state index is 15.0. The molecule has 0 unspecified atom stereocenters. The monoisotopic (exact) mass is 1040 g/mol. The highest BCUT2D eigenvalue weighted by Crippen LogP contribution is 2.64. The lowest BCUT2D eigenvalue weighted by atomic mass is 9.88. The van der Waals surface area contributed by atoms with Gasteiger partial charge in [0.15, 0.2) is 8.32 Å². The van der Waals surface area contributed by atoms with E-state index in [4.69, 9.17) is 23.4 Å². The summed E-state index contributed by atoms with van der Waals surface area (Å²) in [5, 5.41) is 2.59. The van der Waals surface area contributed by atoms with E-state index in [1.54, 1.807) is 57.2 Å². The Labute approximate surface area is 386 Å². The van der Waals surface area contributed by atoms with Crippen LogP contribution in [0.5, 0.6) is 11.5 Å². The van der Waals surface area contributed by atoms with Crippen LogP contribution in [0.1, 0.15) is 66.6 Å². The van der Waals surface area contributed by atoms with Crippen molar-refractivity contribution in [3.8, 4) is 11.5 Å². The van der Waals surface area contributed by atoms with Gasteiger partial charge in [0.1, 0.15) is 24.2 Å². The molecule has 0 radical (unpaired) electrons. The Morgan fingerprint density at radius 3 is 1.61 bits per heavy atom. The number of esters is 1. The van der Waals surface area contributed by atoms with Crippen molar-refractivity contribution < 1.29 is 108 Å². The van der Waals surface area contributed by atoms with Crippen LogP contribution in [0.2, 0.25) is 17.1 Å². The highest BCUT2D eigenvalue weighted by Gasteiger charge is 2.95. The van der Waals surface area contributed by atoms with Crippen molar-refractivity contribution in [1.29, 1.82) is 0 Å². The molecule has 0 heterocycles. The molecule has 1 N–H and O–H groups in total. The fourth-order valence-corrected chi connectivity index (χ4v) is 11.2. The van der Waals surface area contributed by atoms with Crippen molar-refractivity contribution in [1.82, 2.24) is 0 Å². The minimum absolute atomic E-state index is 0.117. The fraction of sp³-hybridized carbons (Fsp3) is 0.581. The van der Waals surface area contributed by atoms with Crippen molar-refractivity contribution in [2.45, 2.75) is 126 Å². The summed E-state index contributed by atoms with van der Waals surface area (Å²) in [5.74, 6) is -57.4. The van der Waals surface area contributed by atoms with E-state index < -0.39 is 117 Å². The highest BCUT2D eigenvalue weighted by atomic mass is 28.4. The molecular formula is C43H50F17NO7Si. The first-order valence-corrected chi connectivity index (χ1v) is 22.8. The summed E-state index contributed by atoms with van der Waals surface area (Å²) in [7, 11) is -2.57. The fourth-order valence-electron chi connectivity index (χ4n) is 6.74. The van der Waals surface area contributed by atoms with Gasteiger partial charge in [0.2, 0.25) is 0 Å². The molecule has 392 valence electrons. The summed E-state index contributed by atoms with van der Waals surface area (Å²) >= 11 is 0. The average Bonchev–Trinajstić information content (AvgIpc) is 3.24. The van der Waals surface area contributed by atoms with Crippen LogP contribution in [0.15, 0.2) is 72.3 Å². The van der Waals surface area contributed by atoms with E-state index in [2.05, 4.69) is 5.32 Å². The minimum atomic E-state index is -8.70. The zero-order chi connectivity index (χ0) is 53.4. The molecule has 0 spiro atoms. The second-order valence-corrected chi connectivity index (χ2v) is 21.2. The Balaban J connectivity index is 2.33. The Morgan fingerprint density at radius 2 is 1.14 bits per heavy atom. The van der Waals surface area contributed by atoms with Crippen molar-refractivity contribution in [2.24, 2.45) is 5.92 Å². The zero-order valence-corrected chi connectivity index (χ0v) is 39.0. The molecule has 2 aromatic rings. The number of rotatable bonds is 25. The smallest absolute Gasteiger partial charge is 0.460 e. The number of hydrogen-bond acceptors (Lipinski definition) is 7. The zero-order valence-electron chi connectivity index (χ0n) is 38.0. The number of nitrogens with one attached hydrogen (secondary N) is 1. The molecule has 0 aliphatic heterocycles. The highest BCUT2D eigenvalue weighted by molar-refractivity contribution is 6.76. The van der Waals surface area contributed by atoms with Crippen LogP contribution in [-0.4, -0.2) is 94.9 Å².